The van der Waals surface area contributed by atoms with Crippen LogP contribution in [0.1, 0.15) is 12.5 Å². The molecule has 1 aromatic carbocycles. The van der Waals surface area contributed by atoms with Crippen molar-refractivity contribution in [2.75, 3.05) is 26.2 Å². The third-order valence-electron chi connectivity index (χ3n) is 3.06. The summed E-state index contributed by atoms with van der Waals surface area (Å²) in [7, 11) is 3.46. The maximum atomic E-state index is 5.24. The molecule has 3 heteroatoms. The molecule has 0 aliphatic carbocycles. The van der Waals surface area contributed by atoms with E-state index in [1.165, 1.54) is 5.56 Å². The van der Waals surface area contributed by atoms with Gasteiger partial charge in [0.1, 0.15) is 5.75 Å². The third kappa shape index (κ3) is 4.68. The van der Waals surface area contributed by atoms with E-state index in [4.69, 9.17) is 9.47 Å². The van der Waals surface area contributed by atoms with Crippen molar-refractivity contribution in [3.05, 3.63) is 29.8 Å². The first-order chi connectivity index (χ1) is 8.21. The molecule has 0 radical (unpaired) electrons. The molecule has 0 amide bonds. The summed E-state index contributed by atoms with van der Waals surface area (Å²) in [5.41, 5.74) is 1.32. The zero-order valence-electron chi connectivity index (χ0n) is 10.8. The fourth-order valence-electron chi connectivity index (χ4n) is 1.91. The lowest BCUT2D eigenvalue weighted by Gasteiger charge is -2.21. The quantitative estimate of drug-likeness (QED) is 0.717. The van der Waals surface area contributed by atoms with Crippen molar-refractivity contribution in [1.29, 1.82) is 0 Å². The molecule has 0 saturated carbocycles. The molecule has 2 atom stereocenters. The lowest BCUT2D eigenvalue weighted by molar-refractivity contribution is 0.135. The van der Waals surface area contributed by atoms with E-state index in [1.54, 1.807) is 14.2 Å². The number of halogens is 1. The second-order valence-electron chi connectivity index (χ2n) is 4.40. The highest BCUT2D eigenvalue weighted by molar-refractivity contribution is 9.09. The minimum Gasteiger partial charge on any atom is -0.497 e. The number of methoxy groups -OCH3 is 2. The fourth-order valence-corrected chi connectivity index (χ4v) is 2.78. The van der Waals surface area contributed by atoms with E-state index in [0.29, 0.717) is 11.8 Å². The predicted octanol–water partition coefficient (Wildman–Crippen LogP) is 3.53. The molecule has 96 valence electrons. The maximum Gasteiger partial charge on any atom is 0.119 e. The van der Waals surface area contributed by atoms with Crippen LogP contribution in [0.15, 0.2) is 24.3 Å². The summed E-state index contributed by atoms with van der Waals surface area (Å²) in [6, 6.07) is 8.28. The molecule has 1 aromatic rings. The second-order valence-corrected chi connectivity index (χ2v) is 5.05. The monoisotopic (exact) mass is 300 g/mol. The Kier molecular flexibility index (Phi) is 6.60. The predicted molar refractivity (Wildman–Crippen MR) is 75.0 cm³/mol. The summed E-state index contributed by atoms with van der Waals surface area (Å²) >= 11 is 3.59. The van der Waals surface area contributed by atoms with Crippen LogP contribution in [0, 0.1) is 11.8 Å². The standard InChI is InChI=1S/C14H21BrO2/c1-11(10-16-2)13(9-15)7-12-5-4-6-14(8-12)17-3/h4-6,8,11,13H,7,9-10H2,1-3H3. The van der Waals surface area contributed by atoms with Gasteiger partial charge < -0.3 is 9.47 Å². The van der Waals surface area contributed by atoms with Gasteiger partial charge in [-0.3, -0.25) is 0 Å². The first-order valence-electron chi connectivity index (χ1n) is 5.89. The van der Waals surface area contributed by atoms with Gasteiger partial charge >= 0.3 is 0 Å². The van der Waals surface area contributed by atoms with Crippen LogP contribution in [0.2, 0.25) is 0 Å². The summed E-state index contributed by atoms with van der Waals surface area (Å²) in [5, 5.41) is 0.995. The van der Waals surface area contributed by atoms with Gasteiger partial charge in [-0.05, 0) is 36.0 Å². The van der Waals surface area contributed by atoms with Crippen molar-refractivity contribution in [3.63, 3.8) is 0 Å². The Morgan fingerprint density at radius 1 is 1.29 bits per heavy atom. The zero-order chi connectivity index (χ0) is 12.7. The van der Waals surface area contributed by atoms with Crippen molar-refractivity contribution in [3.8, 4) is 5.75 Å². The number of ether oxygens (including phenoxy) is 2. The van der Waals surface area contributed by atoms with Gasteiger partial charge in [0.25, 0.3) is 0 Å². The molecule has 1 rings (SSSR count). The molecule has 0 heterocycles. The van der Waals surface area contributed by atoms with Gasteiger partial charge in [0.2, 0.25) is 0 Å². The Labute approximate surface area is 112 Å². The summed E-state index contributed by atoms with van der Waals surface area (Å²) in [6.07, 6.45) is 1.05. The molecule has 0 aromatic heterocycles. The zero-order valence-corrected chi connectivity index (χ0v) is 12.4. The molecule has 2 nitrogen and oxygen atoms in total. The molecule has 0 saturated heterocycles. The first kappa shape index (κ1) is 14.5. The Morgan fingerprint density at radius 3 is 2.65 bits per heavy atom. The summed E-state index contributed by atoms with van der Waals surface area (Å²) < 4.78 is 10.5. The molecular formula is C14H21BrO2. The number of hydrogen-bond acceptors (Lipinski definition) is 2. The van der Waals surface area contributed by atoms with E-state index in [-0.39, 0.29) is 0 Å². The van der Waals surface area contributed by atoms with Crippen molar-refractivity contribution in [2.45, 2.75) is 13.3 Å². The largest absolute Gasteiger partial charge is 0.497 e. The van der Waals surface area contributed by atoms with Crippen LogP contribution in [0.25, 0.3) is 0 Å². The lowest BCUT2D eigenvalue weighted by Crippen LogP contribution is -2.20. The van der Waals surface area contributed by atoms with Crippen molar-refractivity contribution in [2.24, 2.45) is 11.8 Å². The molecule has 0 bridgehead atoms. The maximum absolute atomic E-state index is 5.24. The summed E-state index contributed by atoms with van der Waals surface area (Å²) in [6.45, 7) is 3.04. The van der Waals surface area contributed by atoms with Gasteiger partial charge in [0.05, 0.1) is 7.11 Å². The Morgan fingerprint density at radius 2 is 2.06 bits per heavy atom. The number of benzene rings is 1. The van der Waals surface area contributed by atoms with Crippen LogP contribution < -0.4 is 4.74 Å². The van der Waals surface area contributed by atoms with Gasteiger partial charge in [-0.15, -0.1) is 0 Å². The van der Waals surface area contributed by atoms with Crippen LogP contribution in [0.3, 0.4) is 0 Å². The normalized spacial score (nSPS) is 14.4. The van der Waals surface area contributed by atoms with E-state index in [0.717, 1.165) is 24.1 Å². The van der Waals surface area contributed by atoms with E-state index in [9.17, 15) is 0 Å². The van der Waals surface area contributed by atoms with Crippen LogP contribution in [-0.4, -0.2) is 26.2 Å². The van der Waals surface area contributed by atoms with Crippen LogP contribution in [0.4, 0.5) is 0 Å². The molecule has 2 unspecified atom stereocenters. The molecule has 0 N–H and O–H groups in total. The molecule has 0 fully saturated rings. The Bertz CT molecular complexity index is 328. The highest BCUT2D eigenvalue weighted by atomic mass is 79.9. The summed E-state index contributed by atoms with van der Waals surface area (Å²) in [5.74, 6) is 2.06. The minimum absolute atomic E-state index is 0.547. The van der Waals surface area contributed by atoms with Gasteiger partial charge in [-0.1, -0.05) is 35.0 Å². The highest BCUT2D eigenvalue weighted by Crippen LogP contribution is 2.22. The Hall–Kier alpha value is -0.540. The van der Waals surface area contributed by atoms with E-state index >= 15 is 0 Å². The molecule has 0 spiro atoms. The molecule has 0 aliphatic rings. The third-order valence-corrected chi connectivity index (χ3v) is 3.90. The number of alkyl halides is 1. The number of rotatable bonds is 7. The molecular weight excluding hydrogens is 280 g/mol. The average Bonchev–Trinajstić information content (AvgIpc) is 2.36. The average molecular weight is 301 g/mol. The van der Waals surface area contributed by atoms with Crippen molar-refractivity contribution >= 4 is 15.9 Å². The number of hydrogen-bond donors (Lipinski definition) is 0. The SMILES string of the molecule is COCC(C)C(CBr)Cc1cccc(OC)c1. The van der Waals surface area contributed by atoms with E-state index in [2.05, 4.69) is 35.0 Å². The van der Waals surface area contributed by atoms with Gasteiger partial charge in [0.15, 0.2) is 0 Å². The minimum atomic E-state index is 0.547. The van der Waals surface area contributed by atoms with E-state index < -0.39 is 0 Å². The van der Waals surface area contributed by atoms with Crippen LogP contribution >= 0.6 is 15.9 Å². The Balaban J connectivity index is 2.66. The summed E-state index contributed by atoms with van der Waals surface area (Å²) in [4.78, 5) is 0. The van der Waals surface area contributed by atoms with Crippen LogP contribution in [0.5, 0.6) is 5.75 Å². The lowest BCUT2D eigenvalue weighted by atomic mass is 9.90. The first-order valence-corrected chi connectivity index (χ1v) is 7.01. The van der Waals surface area contributed by atoms with Crippen LogP contribution in [-0.2, 0) is 11.2 Å². The van der Waals surface area contributed by atoms with Gasteiger partial charge in [0, 0.05) is 19.0 Å². The smallest absolute Gasteiger partial charge is 0.119 e. The van der Waals surface area contributed by atoms with Crippen molar-refractivity contribution < 1.29 is 9.47 Å². The highest BCUT2D eigenvalue weighted by Gasteiger charge is 2.16. The van der Waals surface area contributed by atoms with Gasteiger partial charge in [-0.25, -0.2) is 0 Å². The topological polar surface area (TPSA) is 18.5 Å². The van der Waals surface area contributed by atoms with Crippen molar-refractivity contribution in [1.82, 2.24) is 0 Å². The second kappa shape index (κ2) is 7.72. The fraction of sp³-hybridized carbons (Fsp3) is 0.571. The molecule has 17 heavy (non-hydrogen) atoms. The van der Waals surface area contributed by atoms with E-state index in [1.807, 2.05) is 12.1 Å². The van der Waals surface area contributed by atoms with Gasteiger partial charge in [-0.2, -0.15) is 0 Å². The molecule has 0 aliphatic heterocycles.